The first-order chi connectivity index (χ1) is 5.68. The molecule has 0 aliphatic carbocycles. The molecule has 0 fully saturated rings. The molecule has 1 aromatic rings. The molecule has 0 aromatic carbocycles. The fourth-order valence-electron chi connectivity index (χ4n) is 0.679. The average molecular weight is 277 g/mol. The first kappa shape index (κ1) is 9.24. The fourth-order valence-corrected chi connectivity index (χ4v) is 1.13. The van der Waals surface area contributed by atoms with Gasteiger partial charge < -0.3 is 11.1 Å². The van der Waals surface area contributed by atoms with Crippen LogP contribution in [0.5, 0.6) is 0 Å². The number of primary amides is 1. The van der Waals surface area contributed by atoms with E-state index in [1.54, 1.807) is 6.20 Å². The first-order valence-electron chi connectivity index (χ1n) is 3.32. The van der Waals surface area contributed by atoms with Gasteiger partial charge in [0.2, 0.25) is 5.91 Å². The van der Waals surface area contributed by atoms with Crippen molar-refractivity contribution >= 4 is 34.3 Å². The topological polar surface area (TPSA) is 68.0 Å². The number of carbonyl (C=O) groups is 1. The molecule has 0 saturated carbocycles. The summed E-state index contributed by atoms with van der Waals surface area (Å²) in [5, 5.41) is 2.79. The second-order valence-corrected chi connectivity index (χ2v) is 3.42. The maximum absolute atomic E-state index is 10.4. The highest BCUT2D eigenvalue weighted by atomic mass is 127. The third kappa shape index (κ3) is 3.04. The van der Waals surface area contributed by atoms with Gasteiger partial charge in [-0.25, -0.2) is 4.98 Å². The number of nitrogens with zero attached hydrogens (tertiary/aromatic N) is 1. The van der Waals surface area contributed by atoms with E-state index in [-0.39, 0.29) is 6.54 Å². The van der Waals surface area contributed by atoms with E-state index < -0.39 is 5.91 Å². The van der Waals surface area contributed by atoms with E-state index in [2.05, 4.69) is 32.9 Å². The second kappa shape index (κ2) is 4.24. The highest BCUT2D eigenvalue weighted by molar-refractivity contribution is 14.1. The van der Waals surface area contributed by atoms with Crippen molar-refractivity contribution < 1.29 is 4.79 Å². The van der Waals surface area contributed by atoms with Crippen molar-refractivity contribution in [2.45, 2.75) is 0 Å². The van der Waals surface area contributed by atoms with Gasteiger partial charge in [-0.1, -0.05) is 0 Å². The van der Waals surface area contributed by atoms with Gasteiger partial charge in [-0.3, -0.25) is 4.79 Å². The molecule has 0 spiro atoms. The smallest absolute Gasteiger partial charge is 0.236 e. The summed E-state index contributed by atoms with van der Waals surface area (Å²) >= 11 is 2.17. The van der Waals surface area contributed by atoms with Gasteiger partial charge in [0.05, 0.1) is 6.54 Å². The Kier molecular flexibility index (Phi) is 3.27. The number of nitrogens with two attached hydrogens (primary N) is 1. The lowest BCUT2D eigenvalue weighted by molar-refractivity contribution is -0.116. The number of amides is 1. The third-order valence-corrected chi connectivity index (χ3v) is 1.84. The largest absolute Gasteiger partial charge is 0.368 e. The number of halogens is 1. The molecule has 3 N–H and O–H groups in total. The Hall–Kier alpha value is -0.850. The highest BCUT2D eigenvalue weighted by Gasteiger charge is 1.95. The Morgan fingerprint density at radius 3 is 3.08 bits per heavy atom. The summed E-state index contributed by atoms with van der Waals surface area (Å²) in [7, 11) is 0. The van der Waals surface area contributed by atoms with E-state index in [0.717, 1.165) is 3.57 Å². The molecule has 0 saturated heterocycles. The second-order valence-electron chi connectivity index (χ2n) is 2.18. The lowest BCUT2D eigenvalue weighted by Crippen LogP contribution is -2.22. The minimum atomic E-state index is -0.393. The summed E-state index contributed by atoms with van der Waals surface area (Å²) in [6, 6.07) is 3.71. The Labute approximate surface area is 83.7 Å². The third-order valence-electron chi connectivity index (χ3n) is 1.17. The zero-order valence-electron chi connectivity index (χ0n) is 6.25. The molecule has 0 radical (unpaired) electrons. The van der Waals surface area contributed by atoms with Crippen molar-refractivity contribution in [2.75, 3.05) is 11.9 Å². The van der Waals surface area contributed by atoms with Crippen LogP contribution in [0, 0.1) is 3.57 Å². The highest BCUT2D eigenvalue weighted by Crippen LogP contribution is 2.07. The van der Waals surface area contributed by atoms with Crippen LogP contribution in [0.2, 0.25) is 0 Å². The van der Waals surface area contributed by atoms with Gasteiger partial charge in [0, 0.05) is 9.77 Å². The van der Waals surface area contributed by atoms with Crippen molar-refractivity contribution in [3.8, 4) is 0 Å². The summed E-state index contributed by atoms with van der Waals surface area (Å²) in [6.07, 6.45) is 1.67. The number of aromatic nitrogens is 1. The van der Waals surface area contributed by atoms with Crippen LogP contribution < -0.4 is 11.1 Å². The molecule has 0 unspecified atom stereocenters. The molecule has 64 valence electrons. The van der Waals surface area contributed by atoms with Gasteiger partial charge in [0.1, 0.15) is 5.82 Å². The number of anilines is 1. The number of carbonyl (C=O) groups excluding carboxylic acids is 1. The van der Waals surface area contributed by atoms with Gasteiger partial charge >= 0.3 is 0 Å². The first-order valence-corrected chi connectivity index (χ1v) is 4.40. The van der Waals surface area contributed by atoms with Gasteiger partial charge in [-0.2, -0.15) is 0 Å². The van der Waals surface area contributed by atoms with Crippen LogP contribution in [-0.4, -0.2) is 17.4 Å². The quantitative estimate of drug-likeness (QED) is 0.794. The molecule has 1 aromatic heterocycles. The molecule has 1 heterocycles. The standard InChI is InChI=1S/C7H8IN3O/c8-5-1-2-10-7(3-5)11-4-6(9)12/h1-3H,4H2,(H2,9,12)(H,10,11). The SMILES string of the molecule is NC(=O)CNc1cc(I)ccn1. The molecule has 5 heteroatoms. The van der Waals surface area contributed by atoms with Crippen LogP contribution in [0.15, 0.2) is 18.3 Å². The predicted molar refractivity (Wildman–Crippen MR) is 54.6 cm³/mol. The zero-order valence-corrected chi connectivity index (χ0v) is 8.41. The van der Waals surface area contributed by atoms with E-state index in [9.17, 15) is 4.79 Å². The van der Waals surface area contributed by atoms with E-state index in [1.165, 1.54) is 0 Å². The molecule has 0 bridgehead atoms. The molecular weight excluding hydrogens is 269 g/mol. The van der Waals surface area contributed by atoms with Crippen LogP contribution in [0.3, 0.4) is 0 Å². The minimum Gasteiger partial charge on any atom is -0.368 e. The fraction of sp³-hybridized carbons (Fsp3) is 0.143. The van der Waals surface area contributed by atoms with Crippen LogP contribution in [-0.2, 0) is 4.79 Å². The minimum absolute atomic E-state index is 0.118. The van der Waals surface area contributed by atoms with Crippen molar-refractivity contribution in [3.05, 3.63) is 21.9 Å². The maximum atomic E-state index is 10.4. The Morgan fingerprint density at radius 2 is 2.50 bits per heavy atom. The van der Waals surface area contributed by atoms with Crippen molar-refractivity contribution in [3.63, 3.8) is 0 Å². The van der Waals surface area contributed by atoms with E-state index in [0.29, 0.717) is 5.82 Å². The Balaban J connectivity index is 2.57. The van der Waals surface area contributed by atoms with E-state index in [4.69, 9.17) is 5.73 Å². The number of pyridine rings is 1. The number of hydrogen-bond acceptors (Lipinski definition) is 3. The molecule has 12 heavy (non-hydrogen) atoms. The van der Waals surface area contributed by atoms with Gasteiger partial charge in [0.25, 0.3) is 0 Å². The van der Waals surface area contributed by atoms with Crippen LogP contribution in [0.25, 0.3) is 0 Å². The van der Waals surface area contributed by atoms with E-state index >= 15 is 0 Å². The molecule has 0 aliphatic heterocycles. The monoisotopic (exact) mass is 277 g/mol. The van der Waals surface area contributed by atoms with Crippen molar-refractivity contribution in [1.82, 2.24) is 4.98 Å². The number of rotatable bonds is 3. The normalized spacial score (nSPS) is 9.42. The van der Waals surface area contributed by atoms with Crippen molar-refractivity contribution in [2.24, 2.45) is 5.73 Å². The lowest BCUT2D eigenvalue weighted by Gasteiger charge is -2.01. The molecular formula is C7H8IN3O. The summed E-state index contributed by atoms with van der Waals surface area (Å²) in [4.78, 5) is 14.4. The summed E-state index contributed by atoms with van der Waals surface area (Å²) in [5.74, 6) is 0.274. The maximum Gasteiger partial charge on any atom is 0.236 e. The van der Waals surface area contributed by atoms with Crippen LogP contribution in [0.1, 0.15) is 0 Å². The van der Waals surface area contributed by atoms with Crippen molar-refractivity contribution in [1.29, 1.82) is 0 Å². The summed E-state index contributed by atoms with van der Waals surface area (Å²) in [5.41, 5.74) is 4.95. The molecule has 0 aliphatic rings. The molecule has 1 rings (SSSR count). The zero-order chi connectivity index (χ0) is 8.97. The van der Waals surface area contributed by atoms with E-state index in [1.807, 2.05) is 12.1 Å². The van der Waals surface area contributed by atoms with Gasteiger partial charge in [0.15, 0.2) is 0 Å². The number of nitrogens with one attached hydrogen (secondary N) is 1. The van der Waals surface area contributed by atoms with Crippen LogP contribution >= 0.6 is 22.6 Å². The average Bonchev–Trinajstić information content (AvgIpc) is 2.01. The molecule has 1 amide bonds. The predicted octanol–water partition coefficient (Wildman–Crippen LogP) is 0.583. The Bertz CT molecular complexity index is 290. The summed E-state index contributed by atoms with van der Waals surface area (Å²) in [6.45, 7) is 0.118. The lowest BCUT2D eigenvalue weighted by atomic mass is 10.4. The molecule has 0 atom stereocenters. The van der Waals surface area contributed by atoms with Crippen LogP contribution in [0.4, 0.5) is 5.82 Å². The summed E-state index contributed by atoms with van der Waals surface area (Å²) < 4.78 is 1.06. The number of hydrogen-bond donors (Lipinski definition) is 2. The Morgan fingerprint density at radius 1 is 1.75 bits per heavy atom. The molecule has 4 nitrogen and oxygen atoms in total. The van der Waals surface area contributed by atoms with Gasteiger partial charge in [-0.05, 0) is 34.7 Å². The van der Waals surface area contributed by atoms with Gasteiger partial charge in [-0.15, -0.1) is 0 Å².